The standard InChI is InChI=1S/C20H14F5N3O2/c1-28(18-13(21)3-2-4-14(18)22)17(8-16(27-28)19(29)30)11-9-26-15(10-5-6-10)7-12(11)20(23,24)25/h2-4,7-10H,5-6H2,1H3/p+1. The van der Waals surface area contributed by atoms with Crippen molar-refractivity contribution in [2.24, 2.45) is 5.10 Å². The molecule has 1 aromatic carbocycles. The number of hydrogen-bond donors (Lipinski definition) is 1. The predicted molar refractivity (Wildman–Crippen MR) is 98.3 cm³/mol. The van der Waals surface area contributed by atoms with E-state index >= 15 is 0 Å². The second-order valence-corrected chi connectivity index (χ2v) is 7.28. The van der Waals surface area contributed by atoms with Gasteiger partial charge in [-0.25, -0.2) is 13.6 Å². The highest BCUT2D eigenvalue weighted by atomic mass is 19.4. The zero-order valence-corrected chi connectivity index (χ0v) is 15.5. The van der Waals surface area contributed by atoms with Crippen molar-refractivity contribution in [3.05, 3.63) is 65.0 Å². The number of carbonyl (C=O) groups is 1. The van der Waals surface area contributed by atoms with Gasteiger partial charge in [-0.2, -0.15) is 13.2 Å². The molecule has 5 nitrogen and oxygen atoms in total. The zero-order valence-electron chi connectivity index (χ0n) is 15.5. The van der Waals surface area contributed by atoms with Crippen LogP contribution < -0.4 is 4.59 Å². The normalized spacial score (nSPS) is 21.4. The average molecular weight is 424 g/mol. The largest absolute Gasteiger partial charge is 0.476 e. The molecule has 2 aromatic rings. The van der Waals surface area contributed by atoms with Gasteiger partial charge in [-0.05, 0) is 31.0 Å². The second kappa shape index (κ2) is 6.69. The van der Waals surface area contributed by atoms with Gasteiger partial charge in [0, 0.05) is 23.9 Å². The van der Waals surface area contributed by atoms with Crippen LogP contribution in [0.5, 0.6) is 0 Å². The fourth-order valence-electron chi connectivity index (χ4n) is 3.56. The maximum absolute atomic E-state index is 14.5. The van der Waals surface area contributed by atoms with Crippen LogP contribution in [-0.4, -0.2) is 28.8 Å². The third-order valence-corrected chi connectivity index (χ3v) is 5.14. The summed E-state index contributed by atoms with van der Waals surface area (Å²) in [5.74, 6) is -3.75. The summed E-state index contributed by atoms with van der Waals surface area (Å²) in [6.45, 7) is 0. The van der Waals surface area contributed by atoms with E-state index in [0.717, 1.165) is 56.4 Å². The molecule has 156 valence electrons. The number of rotatable bonds is 4. The van der Waals surface area contributed by atoms with Crippen molar-refractivity contribution < 1.29 is 31.9 Å². The molecular weight excluding hydrogens is 409 g/mol. The maximum atomic E-state index is 14.5. The van der Waals surface area contributed by atoms with Crippen molar-refractivity contribution in [2.75, 3.05) is 7.05 Å². The van der Waals surface area contributed by atoms with Crippen LogP contribution in [0, 0.1) is 11.6 Å². The minimum absolute atomic E-state index is 0.0616. The Morgan fingerprint density at radius 2 is 1.83 bits per heavy atom. The molecule has 1 atom stereocenters. The van der Waals surface area contributed by atoms with Gasteiger partial charge in [-0.3, -0.25) is 4.98 Å². The number of carboxylic acids is 1. The number of pyridine rings is 1. The van der Waals surface area contributed by atoms with Gasteiger partial charge in [-0.15, -0.1) is 4.59 Å². The number of nitrogens with zero attached hydrogens (tertiary/aromatic N) is 3. The number of para-hydroxylation sites is 1. The number of halogens is 5. The van der Waals surface area contributed by atoms with Crippen LogP contribution in [0.3, 0.4) is 0 Å². The summed E-state index contributed by atoms with van der Waals surface area (Å²) in [4.78, 5) is 15.6. The molecule has 1 fully saturated rings. The quantitative estimate of drug-likeness (QED) is 0.572. The van der Waals surface area contributed by atoms with Crippen LogP contribution in [-0.2, 0) is 11.0 Å². The van der Waals surface area contributed by atoms with Crippen LogP contribution in [0.2, 0.25) is 0 Å². The summed E-state index contributed by atoms with van der Waals surface area (Å²) in [5, 5.41) is 13.2. The van der Waals surface area contributed by atoms with Gasteiger partial charge < -0.3 is 5.11 Å². The molecular formula is C20H15F5N3O2+. The van der Waals surface area contributed by atoms with Crippen LogP contribution in [0.1, 0.15) is 35.6 Å². The van der Waals surface area contributed by atoms with Crippen molar-refractivity contribution in [3.8, 4) is 0 Å². The molecule has 1 saturated carbocycles. The Morgan fingerprint density at radius 1 is 1.20 bits per heavy atom. The van der Waals surface area contributed by atoms with E-state index in [4.69, 9.17) is 0 Å². The van der Waals surface area contributed by atoms with Gasteiger partial charge in [0.15, 0.2) is 17.3 Å². The first kappa shape index (κ1) is 20.1. The number of hydrogen-bond acceptors (Lipinski definition) is 3. The minimum atomic E-state index is -4.80. The smallest absolute Gasteiger partial charge is 0.417 e. The van der Waals surface area contributed by atoms with Gasteiger partial charge in [0.2, 0.25) is 11.4 Å². The third kappa shape index (κ3) is 3.26. The maximum Gasteiger partial charge on any atom is 0.417 e. The minimum Gasteiger partial charge on any atom is -0.476 e. The highest BCUT2D eigenvalue weighted by molar-refractivity contribution is 6.42. The molecule has 1 aliphatic heterocycles. The van der Waals surface area contributed by atoms with E-state index in [-0.39, 0.29) is 17.3 Å². The monoisotopic (exact) mass is 424 g/mol. The first-order valence-corrected chi connectivity index (χ1v) is 8.97. The summed E-state index contributed by atoms with van der Waals surface area (Å²) >= 11 is 0. The van der Waals surface area contributed by atoms with Gasteiger partial charge in [-0.1, -0.05) is 11.2 Å². The van der Waals surface area contributed by atoms with Crippen molar-refractivity contribution in [1.29, 1.82) is 0 Å². The number of carboxylic acid groups (broad SMARTS) is 1. The highest BCUT2D eigenvalue weighted by Gasteiger charge is 2.48. The number of quaternary nitrogens is 1. The molecule has 1 aromatic heterocycles. The van der Waals surface area contributed by atoms with E-state index in [1.54, 1.807) is 0 Å². The molecule has 2 heterocycles. The lowest BCUT2D eigenvalue weighted by atomic mass is 10.0. The van der Waals surface area contributed by atoms with E-state index in [2.05, 4.69) is 10.1 Å². The summed E-state index contributed by atoms with van der Waals surface area (Å²) < 4.78 is 69.5. The van der Waals surface area contributed by atoms with E-state index in [1.165, 1.54) is 0 Å². The van der Waals surface area contributed by atoms with Crippen molar-refractivity contribution in [2.45, 2.75) is 24.9 Å². The predicted octanol–water partition coefficient (Wildman–Crippen LogP) is 4.69. The molecule has 0 saturated heterocycles. The first-order valence-electron chi connectivity index (χ1n) is 8.97. The molecule has 30 heavy (non-hydrogen) atoms. The summed E-state index contributed by atoms with van der Waals surface area (Å²) in [5.41, 5.74) is -2.95. The third-order valence-electron chi connectivity index (χ3n) is 5.14. The van der Waals surface area contributed by atoms with Gasteiger partial charge >= 0.3 is 12.1 Å². The summed E-state index contributed by atoms with van der Waals surface area (Å²) in [7, 11) is 1.12. The van der Waals surface area contributed by atoms with E-state index < -0.39 is 50.9 Å². The van der Waals surface area contributed by atoms with Crippen molar-refractivity contribution in [3.63, 3.8) is 0 Å². The lowest BCUT2D eigenvalue weighted by Crippen LogP contribution is -2.38. The molecule has 0 bridgehead atoms. The fraction of sp³-hybridized carbons (Fsp3) is 0.250. The van der Waals surface area contributed by atoms with Gasteiger partial charge in [0.1, 0.15) is 7.05 Å². The molecule has 0 radical (unpaired) electrons. The highest BCUT2D eigenvalue weighted by Crippen LogP contribution is 2.46. The van der Waals surface area contributed by atoms with Crippen molar-refractivity contribution in [1.82, 2.24) is 9.58 Å². The van der Waals surface area contributed by atoms with Crippen LogP contribution in [0.4, 0.5) is 27.6 Å². The second-order valence-electron chi connectivity index (χ2n) is 7.28. The topological polar surface area (TPSA) is 62.5 Å². The van der Waals surface area contributed by atoms with E-state index in [1.807, 2.05) is 0 Å². The number of alkyl halides is 3. The summed E-state index contributed by atoms with van der Waals surface area (Å²) in [6, 6.07) is 3.85. The van der Waals surface area contributed by atoms with Gasteiger partial charge in [0.25, 0.3) is 0 Å². The van der Waals surface area contributed by atoms with Crippen molar-refractivity contribution >= 4 is 23.1 Å². The first-order chi connectivity index (χ1) is 14.0. The van der Waals surface area contributed by atoms with E-state index in [9.17, 15) is 31.9 Å². The van der Waals surface area contributed by atoms with Crippen LogP contribution in [0.15, 0.2) is 41.6 Å². The molecule has 0 spiro atoms. The van der Waals surface area contributed by atoms with Gasteiger partial charge in [0.05, 0.1) is 11.1 Å². The number of aromatic nitrogens is 1. The van der Waals surface area contributed by atoms with Crippen LogP contribution >= 0.6 is 0 Å². The fourth-order valence-corrected chi connectivity index (χ4v) is 3.56. The van der Waals surface area contributed by atoms with E-state index in [0.29, 0.717) is 0 Å². The molecule has 4 rings (SSSR count). The SMILES string of the molecule is C[N+]1(c2c(F)cccc2F)N=C(C(=O)O)C=C1c1cnc(C2CC2)cc1C(F)(F)F. The summed E-state index contributed by atoms with van der Waals surface area (Å²) in [6.07, 6.45) is -1.48. The Bertz CT molecular complexity index is 1100. The number of aliphatic carboxylic acids is 1. The lowest BCUT2D eigenvalue weighted by molar-refractivity contribution is -0.138. The molecule has 10 heteroatoms. The Balaban J connectivity index is 1.97. The Labute approximate surface area is 167 Å². The number of benzene rings is 1. The molecule has 1 aliphatic carbocycles. The Morgan fingerprint density at radius 3 is 2.37 bits per heavy atom. The molecule has 0 amide bonds. The Hall–Kier alpha value is -3.14. The molecule has 1 N–H and O–H groups in total. The average Bonchev–Trinajstić information content (AvgIpc) is 3.43. The molecule has 1 unspecified atom stereocenters. The Kier molecular flexibility index (Phi) is 4.50. The zero-order chi connectivity index (χ0) is 21.8. The molecule has 2 aliphatic rings. The van der Waals surface area contributed by atoms with Crippen LogP contribution in [0.25, 0.3) is 5.70 Å². The lowest BCUT2D eigenvalue weighted by Gasteiger charge is -2.27.